The maximum atomic E-state index is 12.3. The van der Waals surface area contributed by atoms with Crippen LogP contribution in [-0.2, 0) is 10.0 Å². The van der Waals surface area contributed by atoms with Crippen LogP contribution in [0, 0.1) is 0 Å². The molecular weight excluding hydrogens is 302 g/mol. The highest BCUT2D eigenvalue weighted by Gasteiger charge is 2.22. The lowest BCUT2D eigenvalue weighted by Crippen LogP contribution is -2.26. The Morgan fingerprint density at radius 2 is 1.82 bits per heavy atom. The van der Waals surface area contributed by atoms with E-state index in [1.54, 1.807) is 19.1 Å². The van der Waals surface area contributed by atoms with Gasteiger partial charge in [0.05, 0.1) is 16.5 Å². The van der Waals surface area contributed by atoms with Crippen LogP contribution in [0.2, 0.25) is 0 Å². The van der Waals surface area contributed by atoms with E-state index in [0.29, 0.717) is 6.42 Å². The van der Waals surface area contributed by atoms with E-state index in [0.717, 1.165) is 25.7 Å². The van der Waals surface area contributed by atoms with Gasteiger partial charge >= 0.3 is 5.97 Å². The smallest absolute Gasteiger partial charge is 0.337 e. The van der Waals surface area contributed by atoms with E-state index in [4.69, 9.17) is 5.11 Å². The zero-order valence-electron chi connectivity index (χ0n) is 13.2. The highest BCUT2D eigenvalue weighted by atomic mass is 32.2. The number of para-hydroxylation sites is 1. The molecule has 1 atom stereocenters. The van der Waals surface area contributed by atoms with Crippen molar-refractivity contribution in [2.45, 2.75) is 57.6 Å². The molecule has 0 spiro atoms. The highest BCUT2D eigenvalue weighted by molar-refractivity contribution is 7.93. The van der Waals surface area contributed by atoms with Crippen LogP contribution in [0.25, 0.3) is 0 Å². The Hall–Kier alpha value is -1.56. The Morgan fingerprint density at radius 1 is 1.18 bits per heavy atom. The lowest BCUT2D eigenvalue weighted by molar-refractivity contribution is 0.0698. The van der Waals surface area contributed by atoms with Gasteiger partial charge in [-0.3, -0.25) is 4.72 Å². The quantitative estimate of drug-likeness (QED) is 0.639. The molecule has 124 valence electrons. The average molecular weight is 327 g/mol. The van der Waals surface area contributed by atoms with Crippen molar-refractivity contribution in [2.24, 2.45) is 0 Å². The van der Waals surface area contributed by atoms with E-state index in [-0.39, 0.29) is 11.3 Å². The first-order chi connectivity index (χ1) is 10.4. The van der Waals surface area contributed by atoms with Crippen molar-refractivity contribution >= 4 is 21.7 Å². The minimum absolute atomic E-state index is 0.0405. The van der Waals surface area contributed by atoms with Gasteiger partial charge in [0.2, 0.25) is 10.0 Å². The molecule has 0 bridgehead atoms. The van der Waals surface area contributed by atoms with E-state index < -0.39 is 21.2 Å². The molecule has 0 aliphatic heterocycles. The van der Waals surface area contributed by atoms with E-state index in [9.17, 15) is 13.2 Å². The number of benzene rings is 1. The van der Waals surface area contributed by atoms with Gasteiger partial charge in [-0.05, 0) is 25.5 Å². The predicted octanol–water partition coefficient (Wildman–Crippen LogP) is 3.88. The topological polar surface area (TPSA) is 83.5 Å². The Labute approximate surface area is 132 Å². The van der Waals surface area contributed by atoms with Gasteiger partial charge in [-0.25, -0.2) is 13.2 Å². The first-order valence-corrected chi connectivity index (χ1v) is 9.27. The Bertz CT molecular complexity index is 584. The molecule has 5 nitrogen and oxygen atoms in total. The number of aromatic carboxylic acids is 1. The first-order valence-electron chi connectivity index (χ1n) is 7.72. The van der Waals surface area contributed by atoms with Crippen LogP contribution in [-0.4, -0.2) is 24.7 Å². The first kappa shape index (κ1) is 18.5. The molecule has 1 aromatic rings. The summed E-state index contributed by atoms with van der Waals surface area (Å²) < 4.78 is 27.0. The summed E-state index contributed by atoms with van der Waals surface area (Å²) in [7, 11) is -3.58. The second kappa shape index (κ2) is 8.78. The third kappa shape index (κ3) is 5.67. The number of carbonyl (C=O) groups is 1. The third-order valence-electron chi connectivity index (χ3n) is 3.65. The summed E-state index contributed by atoms with van der Waals surface area (Å²) >= 11 is 0. The third-order valence-corrected chi connectivity index (χ3v) is 5.45. The monoisotopic (exact) mass is 327 g/mol. The molecule has 0 amide bonds. The Balaban J connectivity index is 2.65. The number of carboxylic acids is 1. The van der Waals surface area contributed by atoms with Crippen molar-refractivity contribution in [3.63, 3.8) is 0 Å². The van der Waals surface area contributed by atoms with Gasteiger partial charge in [0, 0.05) is 0 Å². The van der Waals surface area contributed by atoms with Gasteiger partial charge in [-0.15, -0.1) is 0 Å². The fraction of sp³-hybridized carbons (Fsp3) is 0.562. The molecule has 0 radical (unpaired) electrons. The van der Waals surface area contributed by atoms with Crippen LogP contribution >= 0.6 is 0 Å². The molecule has 0 fully saturated rings. The Morgan fingerprint density at radius 3 is 2.45 bits per heavy atom. The predicted molar refractivity (Wildman–Crippen MR) is 88.8 cm³/mol. The molecule has 1 unspecified atom stereocenters. The average Bonchev–Trinajstić information content (AvgIpc) is 2.46. The molecular formula is C16H25NO4S. The molecule has 2 N–H and O–H groups in total. The van der Waals surface area contributed by atoms with Gasteiger partial charge in [0.25, 0.3) is 0 Å². The van der Waals surface area contributed by atoms with Crippen molar-refractivity contribution in [1.82, 2.24) is 0 Å². The summed E-state index contributed by atoms with van der Waals surface area (Å²) in [4.78, 5) is 11.1. The largest absolute Gasteiger partial charge is 0.478 e. The molecule has 0 aliphatic carbocycles. The molecule has 0 heterocycles. The number of hydrogen-bond donors (Lipinski definition) is 2. The van der Waals surface area contributed by atoms with Crippen LogP contribution < -0.4 is 4.72 Å². The van der Waals surface area contributed by atoms with Gasteiger partial charge in [-0.1, -0.05) is 51.2 Å². The summed E-state index contributed by atoms with van der Waals surface area (Å²) in [5, 5.41) is 8.54. The highest BCUT2D eigenvalue weighted by Crippen LogP contribution is 2.20. The lowest BCUT2D eigenvalue weighted by Gasteiger charge is -2.16. The number of hydrogen-bond acceptors (Lipinski definition) is 3. The number of rotatable bonds is 10. The van der Waals surface area contributed by atoms with Gasteiger partial charge in [0.15, 0.2) is 0 Å². The van der Waals surface area contributed by atoms with Crippen molar-refractivity contribution in [2.75, 3.05) is 4.72 Å². The second-order valence-electron chi connectivity index (χ2n) is 5.51. The molecule has 6 heteroatoms. The lowest BCUT2D eigenvalue weighted by atomic mass is 10.1. The van der Waals surface area contributed by atoms with Crippen molar-refractivity contribution in [1.29, 1.82) is 0 Å². The zero-order valence-corrected chi connectivity index (χ0v) is 14.0. The fourth-order valence-corrected chi connectivity index (χ4v) is 3.37. The Kier molecular flexibility index (Phi) is 7.38. The minimum Gasteiger partial charge on any atom is -0.478 e. The van der Waals surface area contributed by atoms with Gasteiger partial charge in [0.1, 0.15) is 0 Å². The van der Waals surface area contributed by atoms with Crippen LogP contribution in [0.5, 0.6) is 0 Å². The maximum Gasteiger partial charge on any atom is 0.337 e. The van der Waals surface area contributed by atoms with Gasteiger partial charge < -0.3 is 5.11 Å². The maximum absolute atomic E-state index is 12.3. The number of carboxylic acid groups (broad SMARTS) is 1. The SMILES string of the molecule is CCCCCCCC(C)S(=O)(=O)Nc1ccccc1C(=O)O. The number of unbranched alkanes of at least 4 members (excludes halogenated alkanes) is 4. The van der Waals surface area contributed by atoms with Crippen LogP contribution in [0.15, 0.2) is 24.3 Å². The fourth-order valence-electron chi connectivity index (χ4n) is 2.20. The zero-order chi connectivity index (χ0) is 16.6. The number of sulfonamides is 1. The summed E-state index contributed by atoms with van der Waals surface area (Å²) in [5.74, 6) is -1.15. The summed E-state index contributed by atoms with van der Waals surface area (Å²) in [6, 6.07) is 6.03. The van der Waals surface area contributed by atoms with E-state index in [1.165, 1.54) is 18.6 Å². The van der Waals surface area contributed by atoms with Crippen molar-refractivity contribution in [3.8, 4) is 0 Å². The molecule has 1 rings (SSSR count). The molecule has 0 aromatic heterocycles. The van der Waals surface area contributed by atoms with Crippen molar-refractivity contribution in [3.05, 3.63) is 29.8 Å². The standard InChI is InChI=1S/C16H25NO4S/c1-3-4-5-6-7-10-13(2)22(20,21)17-15-12-9-8-11-14(15)16(18)19/h8-9,11-13,17H,3-7,10H2,1-2H3,(H,18,19). The minimum atomic E-state index is -3.58. The second-order valence-corrected chi connectivity index (χ2v) is 7.61. The molecule has 0 aliphatic rings. The summed E-state index contributed by atoms with van der Waals surface area (Å²) in [5.41, 5.74) is 0.0778. The number of nitrogens with one attached hydrogen (secondary N) is 1. The summed E-state index contributed by atoms with van der Waals surface area (Å²) in [6.07, 6.45) is 5.92. The number of anilines is 1. The van der Waals surface area contributed by atoms with E-state index in [2.05, 4.69) is 11.6 Å². The van der Waals surface area contributed by atoms with Crippen LogP contribution in [0.3, 0.4) is 0 Å². The molecule has 0 saturated heterocycles. The summed E-state index contributed by atoms with van der Waals surface area (Å²) in [6.45, 7) is 3.79. The van der Waals surface area contributed by atoms with E-state index in [1.807, 2.05) is 0 Å². The molecule has 0 saturated carbocycles. The van der Waals surface area contributed by atoms with E-state index >= 15 is 0 Å². The van der Waals surface area contributed by atoms with Gasteiger partial charge in [-0.2, -0.15) is 0 Å². The molecule has 22 heavy (non-hydrogen) atoms. The molecule has 1 aromatic carbocycles. The van der Waals surface area contributed by atoms with Crippen LogP contribution in [0.1, 0.15) is 62.7 Å². The van der Waals surface area contributed by atoms with Crippen molar-refractivity contribution < 1.29 is 18.3 Å². The normalized spacial score (nSPS) is 12.8. The van der Waals surface area contributed by atoms with Crippen LogP contribution in [0.4, 0.5) is 5.69 Å².